The number of hydrogen-bond donors (Lipinski definition) is 2. The highest BCUT2D eigenvalue weighted by atomic mass is 19.4. The van der Waals surface area contributed by atoms with Gasteiger partial charge < -0.3 is 10.4 Å². The van der Waals surface area contributed by atoms with Crippen LogP contribution < -0.4 is 5.32 Å². The van der Waals surface area contributed by atoms with Crippen molar-refractivity contribution in [1.82, 2.24) is 5.32 Å². The van der Waals surface area contributed by atoms with Crippen molar-refractivity contribution in [2.45, 2.75) is 50.8 Å². The van der Waals surface area contributed by atoms with E-state index in [1.54, 1.807) is 13.0 Å². The fourth-order valence-electron chi connectivity index (χ4n) is 2.87. The molecule has 1 aliphatic rings. The lowest BCUT2D eigenvalue weighted by Crippen LogP contribution is -2.37. The summed E-state index contributed by atoms with van der Waals surface area (Å²) in [5.41, 5.74) is -1.13. The van der Waals surface area contributed by atoms with Gasteiger partial charge in [-0.25, -0.2) is 0 Å². The van der Waals surface area contributed by atoms with Gasteiger partial charge in [0.25, 0.3) is 0 Å². The number of hydrogen-bond acceptors (Lipinski definition) is 2. The first-order valence-corrected chi connectivity index (χ1v) is 7.79. The predicted octanol–water partition coefficient (Wildman–Crippen LogP) is 3.26. The number of nitrogens with one attached hydrogen (secondary N) is 1. The minimum atomic E-state index is -4.41. The molecule has 2 N–H and O–H groups in total. The van der Waals surface area contributed by atoms with Crippen molar-refractivity contribution in [2.24, 2.45) is 5.92 Å². The van der Waals surface area contributed by atoms with Crippen molar-refractivity contribution in [2.75, 3.05) is 6.54 Å². The smallest absolute Gasteiger partial charge is 0.393 e. The Morgan fingerprint density at radius 3 is 2.52 bits per heavy atom. The Labute approximate surface area is 133 Å². The van der Waals surface area contributed by atoms with Gasteiger partial charge in [0, 0.05) is 6.54 Å². The van der Waals surface area contributed by atoms with Gasteiger partial charge in [-0.1, -0.05) is 25.1 Å². The Balaban J connectivity index is 2.06. The molecule has 1 saturated carbocycles. The highest BCUT2D eigenvalue weighted by molar-refractivity contribution is 5.91. The fourth-order valence-corrected chi connectivity index (χ4v) is 2.87. The van der Waals surface area contributed by atoms with Gasteiger partial charge in [-0.05, 0) is 43.7 Å². The Morgan fingerprint density at radius 2 is 2.00 bits per heavy atom. The zero-order valence-electron chi connectivity index (χ0n) is 13.3. The van der Waals surface area contributed by atoms with E-state index in [1.807, 2.05) is 6.92 Å². The van der Waals surface area contributed by atoms with Crippen molar-refractivity contribution in [3.63, 3.8) is 0 Å². The molecule has 0 aromatic heterocycles. The Kier molecular flexibility index (Phi) is 5.04. The summed E-state index contributed by atoms with van der Waals surface area (Å²) < 4.78 is 38.5. The van der Waals surface area contributed by atoms with Crippen molar-refractivity contribution >= 4 is 5.91 Å². The third-order valence-corrected chi connectivity index (χ3v) is 4.28. The monoisotopic (exact) mass is 329 g/mol. The number of amides is 1. The average molecular weight is 329 g/mol. The maximum absolute atomic E-state index is 12.8. The molecule has 3 nitrogen and oxygen atoms in total. The second-order valence-electron chi connectivity index (χ2n) is 6.56. The van der Waals surface area contributed by atoms with Crippen LogP contribution in [0.5, 0.6) is 0 Å². The van der Waals surface area contributed by atoms with Crippen LogP contribution in [0.1, 0.15) is 44.2 Å². The first-order chi connectivity index (χ1) is 10.6. The lowest BCUT2D eigenvalue weighted by Gasteiger charge is -2.20. The molecule has 1 fully saturated rings. The predicted molar refractivity (Wildman–Crippen MR) is 80.8 cm³/mol. The zero-order valence-corrected chi connectivity index (χ0v) is 13.3. The van der Waals surface area contributed by atoms with Crippen LogP contribution in [0.15, 0.2) is 24.3 Å². The number of aliphatic hydroxyl groups is 1. The van der Waals surface area contributed by atoms with Crippen LogP contribution in [-0.4, -0.2) is 23.7 Å². The van der Waals surface area contributed by atoms with Crippen LogP contribution in [0.4, 0.5) is 13.2 Å². The topological polar surface area (TPSA) is 49.3 Å². The van der Waals surface area contributed by atoms with Crippen LogP contribution in [0, 0.1) is 5.92 Å². The van der Waals surface area contributed by atoms with Crippen molar-refractivity contribution < 1.29 is 23.1 Å². The molecule has 0 saturated heterocycles. The van der Waals surface area contributed by atoms with Gasteiger partial charge in [0.2, 0.25) is 5.91 Å². The van der Waals surface area contributed by atoms with Crippen LogP contribution in [0.25, 0.3) is 0 Å². The minimum absolute atomic E-state index is 0.108. The highest BCUT2D eigenvalue weighted by Crippen LogP contribution is 2.49. The SMILES string of the molecule is CC(O)CC(C)CNC(=O)C1(c2cccc(C(F)(F)F)c2)CC1. The molecule has 0 spiro atoms. The van der Waals surface area contributed by atoms with E-state index in [9.17, 15) is 23.1 Å². The average Bonchev–Trinajstić information content (AvgIpc) is 3.25. The summed E-state index contributed by atoms with van der Waals surface area (Å²) in [4.78, 5) is 12.4. The lowest BCUT2D eigenvalue weighted by atomic mass is 9.93. The molecule has 23 heavy (non-hydrogen) atoms. The molecule has 0 aliphatic heterocycles. The van der Waals surface area contributed by atoms with E-state index in [0.717, 1.165) is 12.1 Å². The summed E-state index contributed by atoms with van der Waals surface area (Å²) in [7, 11) is 0. The molecule has 128 valence electrons. The number of aliphatic hydroxyl groups excluding tert-OH is 1. The summed E-state index contributed by atoms with van der Waals surface area (Å²) in [6.45, 7) is 4.00. The van der Waals surface area contributed by atoms with E-state index in [2.05, 4.69) is 5.32 Å². The van der Waals surface area contributed by atoms with E-state index in [-0.39, 0.29) is 11.8 Å². The number of carbonyl (C=O) groups excluding carboxylic acids is 1. The van der Waals surface area contributed by atoms with Crippen LogP contribution >= 0.6 is 0 Å². The van der Waals surface area contributed by atoms with Crippen LogP contribution in [0.3, 0.4) is 0 Å². The standard InChI is InChI=1S/C17H22F3NO2/c1-11(8-12(2)22)10-21-15(23)16(6-7-16)13-4-3-5-14(9-13)17(18,19)20/h3-5,9,11-12,22H,6-8,10H2,1-2H3,(H,21,23). The molecule has 2 unspecified atom stereocenters. The largest absolute Gasteiger partial charge is 0.416 e. The second kappa shape index (κ2) is 6.51. The molecule has 0 bridgehead atoms. The number of rotatable bonds is 6. The molecule has 0 radical (unpaired) electrons. The molecule has 1 amide bonds. The van der Waals surface area contributed by atoms with Gasteiger partial charge in [-0.15, -0.1) is 0 Å². The van der Waals surface area contributed by atoms with Crippen molar-refractivity contribution in [3.05, 3.63) is 35.4 Å². The Bertz CT molecular complexity index is 565. The normalized spacial score (nSPS) is 19.0. The third-order valence-electron chi connectivity index (χ3n) is 4.28. The number of carbonyl (C=O) groups is 1. The maximum Gasteiger partial charge on any atom is 0.416 e. The number of alkyl halides is 3. The summed E-state index contributed by atoms with van der Waals surface area (Å²) in [5.74, 6) is -0.120. The van der Waals surface area contributed by atoms with Gasteiger partial charge in [0.15, 0.2) is 0 Å². The lowest BCUT2D eigenvalue weighted by molar-refractivity contribution is -0.137. The second-order valence-corrected chi connectivity index (χ2v) is 6.56. The van der Waals surface area contributed by atoms with Crippen molar-refractivity contribution in [1.29, 1.82) is 0 Å². The molecule has 2 atom stereocenters. The van der Waals surface area contributed by atoms with Crippen LogP contribution in [0.2, 0.25) is 0 Å². The van der Waals surface area contributed by atoms with Gasteiger partial charge in [0.1, 0.15) is 0 Å². The summed E-state index contributed by atoms with van der Waals surface area (Å²) in [6.07, 6.45) is -3.17. The molecule has 1 aromatic carbocycles. The van der Waals surface area contributed by atoms with Crippen molar-refractivity contribution in [3.8, 4) is 0 Å². The van der Waals surface area contributed by atoms with E-state index >= 15 is 0 Å². The number of halogens is 3. The van der Waals surface area contributed by atoms with Crippen LogP contribution in [-0.2, 0) is 16.4 Å². The molecular formula is C17H22F3NO2. The summed E-state index contributed by atoms with van der Waals surface area (Å²) >= 11 is 0. The molecule has 1 aromatic rings. The molecule has 1 aliphatic carbocycles. The van der Waals surface area contributed by atoms with Gasteiger partial charge in [-0.3, -0.25) is 4.79 Å². The van der Waals surface area contributed by atoms with E-state index in [4.69, 9.17) is 0 Å². The summed E-state index contributed by atoms with van der Waals surface area (Å²) in [5, 5.41) is 12.1. The molecule has 2 rings (SSSR count). The third kappa shape index (κ3) is 4.25. The molecule has 6 heteroatoms. The highest BCUT2D eigenvalue weighted by Gasteiger charge is 2.51. The Morgan fingerprint density at radius 1 is 1.35 bits per heavy atom. The first kappa shape index (κ1) is 17.8. The van der Waals surface area contributed by atoms with Gasteiger partial charge in [-0.2, -0.15) is 13.2 Å². The number of benzene rings is 1. The Hall–Kier alpha value is -1.56. The quantitative estimate of drug-likeness (QED) is 0.842. The zero-order chi connectivity index (χ0) is 17.3. The minimum Gasteiger partial charge on any atom is -0.393 e. The first-order valence-electron chi connectivity index (χ1n) is 7.79. The fraction of sp³-hybridized carbons (Fsp3) is 0.588. The summed E-state index contributed by atoms with van der Waals surface area (Å²) in [6, 6.07) is 5.02. The van der Waals surface area contributed by atoms with E-state index < -0.39 is 23.3 Å². The van der Waals surface area contributed by atoms with E-state index in [1.165, 1.54) is 6.07 Å². The molecular weight excluding hydrogens is 307 g/mol. The van der Waals surface area contributed by atoms with Gasteiger partial charge >= 0.3 is 6.18 Å². The maximum atomic E-state index is 12.8. The molecule has 0 heterocycles. The van der Waals surface area contributed by atoms with Gasteiger partial charge in [0.05, 0.1) is 17.1 Å². The van der Waals surface area contributed by atoms with E-state index in [0.29, 0.717) is 31.4 Å².